The third-order valence-corrected chi connectivity index (χ3v) is 5.08. The number of benzene rings is 1. The summed E-state index contributed by atoms with van der Waals surface area (Å²) in [6.07, 6.45) is 4.28. The summed E-state index contributed by atoms with van der Waals surface area (Å²) in [7, 11) is 3.86. The number of nitrogens with zero attached hydrogens (tertiary/aromatic N) is 1. The van der Waals surface area contributed by atoms with Crippen LogP contribution in [0.5, 0.6) is 5.75 Å². The molecule has 0 bridgehead atoms. The molecule has 0 unspecified atom stereocenters. The van der Waals surface area contributed by atoms with Crippen molar-refractivity contribution < 1.29 is 9.90 Å². The van der Waals surface area contributed by atoms with Gasteiger partial charge in [0.1, 0.15) is 5.75 Å². The molecule has 1 aliphatic carbocycles. The Labute approximate surface area is 133 Å². The van der Waals surface area contributed by atoms with Crippen molar-refractivity contribution in [1.82, 2.24) is 10.2 Å². The summed E-state index contributed by atoms with van der Waals surface area (Å²) in [4.78, 5) is 14.3. The lowest BCUT2D eigenvalue weighted by Crippen LogP contribution is -2.42. The van der Waals surface area contributed by atoms with Gasteiger partial charge in [-0.3, -0.25) is 4.79 Å². The van der Waals surface area contributed by atoms with Crippen LogP contribution in [0.25, 0.3) is 0 Å². The van der Waals surface area contributed by atoms with E-state index < -0.39 is 0 Å². The van der Waals surface area contributed by atoms with Gasteiger partial charge in [0, 0.05) is 24.7 Å². The van der Waals surface area contributed by atoms with Gasteiger partial charge in [-0.05, 0) is 73.5 Å². The van der Waals surface area contributed by atoms with E-state index in [0.29, 0.717) is 17.6 Å². The Bertz CT molecular complexity index is 485. The topological polar surface area (TPSA) is 52.6 Å². The van der Waals surface area contributed by atoms with Crippen molar-refractivity contribution in [3.05, 3.63) is 27.3 Å². The molecule has 20 heavy (non-hydrogen) atoms. The zero-order valence-electron chi connectivity index (χ0n) is 11.9. The van der Waals surface area contributed by atoms with Crippen LogP contribution in [0, 0.1) is 3.57 Å². The third kappa shape index (κ3) is 3.44. The zero-order chi connectivity index (χ0) is 14.7. The number of hydrogen-bond donors (Lipinski definition) is 2. The molecule has 0 spiro atoms. The summed E-state index contributed by atoms with van der Waals surface area (Å²) in [5.74, 6) is 0.161. The average Bonchev–Trinajstić information content (AvgIpc) is 2.48. The molecule has 110 valence electrons. The van der Waals surface area contributed by atoms with E-state index in [1.54, 1.807) is 18.2 Å². The van der Waals surface area contributed by atoms with Gasteiger partial charge >= 0.3 is 0 Å². The first-order valence-corrected chi connectivity index (χ1v) is 8.03. The summed E-state index contributed by atoms with van der Waals surface area (Å²) in [5.41, 5.74) is 0.557. The lowest BCUT2D eigenvalue weighted by molar-refractivity contribution is 0.0685. The molecule has 1 saturated carbocycles. The summed E-state index contributed by atoms with van der Waals surface area (Å²) in [5, 5.41) is 13.0. The second kappa shape index (κ2) is 6.76. The maximum absolute atomic E-state index is 12.5. The molecule has 1 aromatic rings. The van der Waals surface area contributed by atoms with Gasteiger partial charge in [-0.25, -0.2) is 0 Å². The first-order chi connectivity index (χ1) is 9.52. The molecule has 1 aromatic carbocycles. The number of phenols is 1. The van der Waals surface area contributed by atoms with Crippen molar-refractivity contribution in [3.8, 4) is 5.75 Å². The first kappa shape index (κ1) is 15.6. The number of nitrogens with one attached hydrogen (secondary N) is 1. The lowest BCUT2D eigenvalue weighted by atomic mass is 9.90. The van der Waals surface area contributed by atoms with Crippen LogP contribution < -0.4 is 5.32 Å². The molecule has 5 heteroatoms. The molecule has 2 rings (SSSR count). The van der Waals surface area contributed by atoms with Crippen molar-refractivity contribution in [2.24, 2.45) is 0 Å². The monoisotopic (exact) mass is 388 g/mol. The minimum atomic E-state index is -0.00962. The van der Waals surface area contributed by atoms with Gasteiger partial charge in [0.05, 0.1) is 3.57 Å². The molecule has 4 nitrogen and oxygen atoms in total. The quantitative estimate of drug-likeness (QED) is 0.783. The first-order valence-electron chi connectivity index (χ1n) is 6.96. The number of rotatable bonds is 3. The molecule has 2 N–H and O–H groups in total. The number of hydrogen-bond acceptors (Lipinski definition) is 3. The maximum Gasteiger partial charge on any atom is 0.253 e. The Kier molecular flexibility index (Phi) is 5.26. The van der Waals surface area contributed by atoms with Gasteiger partial charge in [0.25, 0.3) is 5.91 Å². The van der Waals surface area contributed by atoms with Crippen molar-refractivity contribution in [3.63, 3.8) is 0 Å². The van der Waals surface area contributed by atoms with E-state index in [-0.39, 0.29) is 11.7 Å². The Balaban J connectivity index is 2.03. The normalized spacial score (nSPS) is 22.6. The Morgan fingerprint density at radius 3 is 2.55 bits per heavy atom. The van der Waals surface area contributed by atoms with Crippen LogP contribution in [0.4, 0.5) is 0 Å². The Hall–Kier alpha value is -0.820. The minimum Gasteiger partial charge on any atom is -0.507 e. The molecule has 0 atom stereocenters. The lowest BCUT2D eigenvalue weighted by Gasteiger charge is -2.34. The van der Waals surface area contributed by atoms with Crippen LogP contribution in [0.2, 0.25) is 0 Å². The highest BCUT2D eigenvalue weighted by Crippen LogP contribution is 2.25. The summed E-state index contributed by atoms with van der Waals surface area (Å²) in [6, 6.07) is 5.99. The highest BCUT2D eigenvalue weighted by atomic mass is 127. The molecule has 0 aromatic heterocycles. The second-order valence-corrected chi connectivity index (χ2v) is 6.54. The van der Waals surface area contributed by atoms with Gasteiger partial charge < -0.3 is 15.3 Å². The molecule has 0 radical (unpaired) electrons. The third-order valence-electron chi connectivity index (χ3n) is 4.17. The fourth-order valence-corrected chi connectivity index (χ4v) is 3.10. The van der Waals surface area contributed by atoms with Gasteiger partial charge in [-0.15, -0.1) is 0 Å². The fourth-order valence-electron chi connectivity index (χ4n) is 2.77. The van der Waals surface area contributed by atoms with Crippen LogP contribution in [0.1, 0.15) is 36.0 Å². The Morgan fingerprint density at radius 1 is 1.35 bits per heavy atom. The minimum absolute atomic E-state index is 0.00962. The smallest absolute Gasteiger partial charge is 0.253 e. The molecule has 1 fully saturated rings. The van der Waals surface area contributed by atoms with Crippen LogP contribution in [0.15, 0.2) is 18.2 Å². The molecular weight excluding hydrogens is 367 g/mol. The summed E-state index contributed by atoms with van der Waals surface area (Å²) in [6.45, 7) is 0. The summed E-state index contributed by atoms with van der Waals surface area (Å²) >= 11 is 2.05. The average molecular weight is 388 g/mol. The van der Waals surface area contributed by atoms with E-state index >= 15 is 0 Å². The fraction of sp³-hybridized carbons (Fsp3) is 0.533. The SMILES string of the molecule is CNC1CCC(N(C)C(=O)c2ccc(I)c(O)c2)CC1. The second-order valence-electron chi connectivity index (χ2n) is 5.38. The standard InChI is InChI=1S/C15H21IN2O2/c1-17-11-4-6-12(7-5-11)18(2)15(20)10-3-8-13(16)14(19)9-10/h3,8-9,11-12,17,19H,4-7H2,1-2H3. The number of aromatic hydroxyl groups is 1. The van der Waals surface area contributed by atoms with E-state index in [4.69, 9.17) is 0 Å². The molecule has 1 amide bonds. The van der Waals surface area contributed by atoms with Crippen LogP contribution in [0.3, 0.4) is 0 Å². The van der Waals surface area contributed by atoms with Gasteiger partial charge in [-0.2, -0.15) is 0 Å². The van der Waals surface area contributed by atoms with Gasteiger partial charge in [-0.1, -0.05) is 0 Å². The highest BCUT2D eigenvalue weighted by Gasteiger charge is 2.26. The van der Waals surface area contributed by atoms with E-state index in [1.807, 2.05) is 41.6 Å². The number of halogens is 1. The van der Waals surface area contributed by atoms with Crippen LogP contribution in [-0.2, 0) is 0 Å². The Morgan fingerprint density at radius 2 is 2.00 bits per heavy atom. The van der Waals surface area contributed by atoms with Crippen molar-refractivity contribution in [2.75, 3.05) is 14.1 Å². The van der Waals surface area contributed by atoms with Crippen molar-refractivity contribution in [2.45, 2.75) is 37.8 Å². The zero-order valence-corrected chi connectivity index (χ0v) is 14.1. The van der Waals surface area contributed by atoms with Crippen molar-refractivity contribution in [1.29, 1.82) is 0 Å². The predicted octanol–water partition coefficient (Wildman–Crippen LogP) is 2.60. The van der Waals surface area contributed by atoms with Crippen LogP contribution >= 0.6 is 22.6 Å². The molecular formula is C15H21IN2O2. The largest absolute Gasteiger partial charge is 0.507 e. The molecule has 0 saturated heterocycles. The summed E-state index contributed by atoms with van der Waals surface area (Å²) < 4.78 is 0.760. The number of carbonyl (C=O) groups excluding carboxylic acids is 1. The molecule has 0 aliphatic heterocycles. The number of phenolic OH excluding ortho intramolecular Hbond substituents is 1. The molecule has 0 heterocycles. The predicted molar refractivity (Wildman–Crippen MR) is 88.0 cm³/mol. The van der Waals surface area contributed by atoms with E-state index in [9.17, 15) is 9.90 Å². The highest BCUT2D eigenvalue weighted by molar-refractivity contribution is 14.1. The van der Waals surface area contributed by atoms with Gasteiger partial charge in [0.2, 0.25) is 0 Å². The van der Waals surface area contributed by atoms with Crippen LogP contribution in [-0.4, -0.2) is 42.1 Å². The maximum atomic E-state index is 12.5. The number of carbonyl (C=O) groups is 1. The van der Waals surface area contributed by atoms with E-state index in [2.05, 4.69) is 5.32 Å². The van der Waals surface area contributed by atoms with E-state index in [1.165, 1.54) is 0 Å². The van der Waals surface area contributed by atoms with Gasteiger partial charge in [0.15, 0.2) is 0 Å². The number of amides is 1. The van der Waals surface area contributed by atoms with E-state index in [0.717, 1.165) is 29.3 Å². The molecule has 1 aliphatic rings. The van der Waals surface area contributed by atoms with Crippen molar-refractivity contribution >= 4 is 28.5 Å².